The summed E-state index contributed by atoms with van der Waals surface area (Å²) in [6.07, 6.45) is 0. The van der Waals surface area contributed by atoms with Crippen LogP contribution in [-0.4, -0.2) is 41.0 Å². The summed E-state index contributed by atoms with van der Waals surface area (Å²) >= 11 is 0. The normalized spacial score (nSPS) is 12.6. The molecule has 0 saturated heterocycles. The van der Waals surface area contributed by atoms with Gasteiger partial charge in [-0.25, -0.2) is 4.79 Å². The van der Waals surface area contributed by atoms with Crippen molar-refractivity contribution in [2.75, 3.05) is 21.1 Å². The summed E-state index contributed by atoms with van der Waals surface area (Å²) in [7, 11) is -0.824. The van der Waals surface area contributed by atoms with Crippen LogP contribution in [0.2, 0.25) is 0 Å². The topological polar surface area (TPSA) is 84.2 Å². The highest BCUT2D eigenvalue weighted by molar-refractivity contribution is 7.88. The molecule has 6 nitrogen and oxygen atoms in total. The molecule has 0 aromatic heterocycles. The summed E-state index contributed by atoms with van der Waals surface area (Å²) in [4.78, 5) is 11.5. The molecule has 0 amide bonds. The van der Waals surface area contributed by atoms with Crippen LogP contribution in [0.1, 0.15) is 15.9 Å². The molecule has 0 spiro atoms. The quantitative estimate of drug-likeness (QED) is 0.477. The number of benzene rings is 1. The monoisotopic (exact) mass is 337 g/mol. The standard InChI is InChI=1S/C12H12F3N2O4S/c1-17(2,3)10-5-4-8(6-9(10)7-16)11(18)21-22(19,20)12(13,14)15/h4-6H,1-3H3/q+1. The Morgan fingerprint density at radius 1 is 1.27 bits per heavy atom. The Balaban J connectivity index is 3.21. The molecule has 0 aliphatic carbocycles. The van der Waals surface area contributed by atoms with Gasteiger partial charge in [0.15, 0.2) is 0 Å². The highest BCUT2D eigenvalue weighted by Crippen LogP contribution is 2.27. The second-order valence-electron chi connectivity index (χ2n) is 5.13. The lowest BCUT2D eigenvalue weighted by Crippen LogP contribution is -2.35. The number of hydrogen-bond acceptors (Lipinski definition) is 5. The van der Waals surface area contributed by atoms with Gasteiger partial charge >= 0.3 is 21.6 Å². The van der Waals surface area contributed by atoms with Crippen molar-refractivity contribution in [2.24, 2.45) is 0 Å². The maximum Gasteiger partial charge on any atom is 0.534 e. The Morgan fingerprint density at radius 2 is 1.82 bits per heavy atom. The fourth-order valence-electron chi connectivity index (χ4n) is 1.53. The summed E-state index contributed by atoms with van der Waals surface area (Å²) in [6, 6.07) is 5.21. The first-order valence-electron chi connectivity index (χ1n) is 5.71. The van der Waals surface area contributed by atoms with Crippen LogP contribution in [-0.2, 0) is 14.3 Å². The van der Waals surface area contributed by atoms with Gasteiger partial charge in [-0.15, -0.1) is 0 Å². The van der Waals surface area contributed by atoms with Crippen molar-refractivity contribution in [1.29, 1.82) is 5.26 Å². The number of alkyl halides is 3. The Kier molecular flexibility index (Phi) is 4.55. The fourth-order valence-corrected chi connectivity index (χ4v) is 1.92. The summed E-state index contributed by atoms with van der Waals surface area (Å²) < 4.78 is 61.8. The van der Waals surface area contributed by atoms with Gasteiger partial charge in [0.25, 0.3) is 0 Å². The van der Waals surface area contributed by atoms with E-state index in [1.54, 1.807) is 27.2 Å². The number of nitrogens with zero attached hydrogens (tertiary/aromatic N) is 2. The smallest absolute Gasteiger partial charge is 0.335 e. The number of halogens is 3. The van der Waals surface area contributed by atoms with Crippen LogP contribution in [0.25, 0.3) is 0 Å². The summed E-state index contributed by atoms with van der Waals surface area (Å²) in [5.74, 6) is -1.71. The lowest BCUT2D eigenvalue weighted by molar-refractivity contribution is -0.0525. The molecular weight excluding hydrogens is 325 g/mol. The van der Waals surface area contributed by atoms with Gasteiger partial charge in [-0.2, -0.15) is 26.9 Å². The molecule has 22 heavy (non-hydrogen) atoms. The molecule has 0 unspecified atom stereocenters. The van der Waals surface area contributed by atoms with Crippen LogP contribution in [0.4, 0.5) is 18.9 Å². The third-order valence-corrected chi connectivity index (χ3v) is 3.48. The summed E-state index contributed by atoms with van der Waals surface area (Å²) in [6.45, 7) is 0. The van der Waals surface area contributed by atoms with Crippen LogP contribution in [0.3, 0.4) is 0 Å². The second kappa shape index (κ2) is 5.58. The minimum Gasteiger partial charge on any atom is -0.335 e. The van der Waals surface area contributed by atoms with Gasteiger partial charge in [-0.05, 0) is 12.1 Å². The van der Waals surface area contributed by atoms with Crippen molar-refractivity contribution in [3.63, 3.8) is 0 Å². The van der Waals surface area contributed by atoms with Crippen molar-refractivity contribution in [3.05, 3.63) is 29.3 Å². The Bertz CT molecular complexity index is 743. The highest BCUT2D eigenvalue weighted by atomic mass is 32.2. The Morgan fingerprint density at radius 3 is 2.23 bits per heavy atom. The van der Waals surface area contributed by atoms with E-state index in [-0.39, 0.29) is 10.0 Å². The maximum atomic E-state index is 12.2. The predicted octanol–water partition coefficient (Wildman–Crippen LogP) is 1.76. The third kappa shape index (κ3) is 3.75. The summed E-state index contributed by atoms with van der Waals surface area (Å²) in [5.41, 5.74) is -5.66. The van der Waals surface area contributed by atoms with Gasteiger partial charge in [-0.3, -0.25) is 4.48 Å². The molecule has 0 N–H and O–H groups in total. The van der Waals surface area contributed by atoms with Crippen molar-refractivity contribution in [1.82, 2.24) is 4.48 Å². The molecule has 0 fully saturated rings. The van der Waals surface area contributed by atoms with Gasteiger partial charge in [0.2, 0.25) is 0 Å². The molecule has 0 heterocycles. The third-order valence-electron chi connectivity index (χ3n) is 2.54. The van der Waals surface area contributed by atoms with Gasteiger partial charge in [0.1, 0.15) is 17.3 Å². The molecule has 0 saturated carbocycles. The predicted molar refractivity (Wildman–Crippen MR) is 71.1 cm³/mol. The van der Waals surface area contributed by atoms with Gasteiger partial charge in [-0.1, -0.05) is 0 Å². The van der Waals surface area contributed by atoms with Crippen LogP contribution in [0.5, 0.6) is 0 Å². The van der Waals surface area contributed by atoms with E-state index >= 15 is 0 Å². The second-order valence-corrected chi connectivity index (χ2v) is 6.66. The lowest BCUT2D eigenvalue weighted by atomic mass is 10.1. The van der Waals surface area contributed by atoms with E-state index in [2.05, 4.69) is 4.18 Å². The zero-order valence-electron chi connectivity index (χ0n) is 11.8. The number of hydrogen-bond donors (Lipinski definition) is 0. The highest BCUT2D eigenvalue weighted by Gasteiger charge is 2.49. The van der Waals surface area contributed by atoms with Crippen molar-refractivity contribution < 1.29 is 30.6 Å². The van der Waals surface area contributed by atoms with Crippen molar-refractivity contribution in [2.45, 2.75) is 5.51 Å². The van der Waals surface area contributed by atoms with E-state index in [9.17, 15) is 26.4 Å². The zero-order valence-corrected chi connectivity index (χ0v) is 12.6. The average molecular weight is 337 g/mol. The minimum absolute atomic E-state index is 0.0198. The van der Waals surface area contributed by atoms with Crippen LogP contribution in [0, 0.1) is 11.3 Å². The number of rotatable bonds is 3. The van der Waals surface area contributed by atoms with Crippen molar-refractivity contribution >= 4 is 21.8 Å². The molecule has 0 aliphatic rings. The Hall–Kier alpha value is -2.12. The van der Waals surface area contributed by atoms with Crippen LogP contribution < -0.4 is 4.48 Å². The zero-order chi connectivity index (χ0) is 17.3. The van der Waals surface area contributed by atoms with E-state index in [0.717, 1.165) is 12.1 Å². The molecule has 1 rings (SSSR count). The van der Waals surface area contributed by atoms with Gasteiger partial charge < -0.3 is 4.18 Å². The Labute approximate surface area is 125 Å². The molecule has 10 heteroatoms. The van der Waals surface area contributed by atoms with E-state index < -0.39 is 27.2 Å². The van der Waals surface area contributed by atoms with E-state index in [1.165, 1.54) is 6.07 Å². The van der Waals surface area contributed by atoms with Crippen LogP contribution >= 0.6 is 0 Å². The molecule has 0 aliphatic heterocycles. The lowest BCUT2D eigenvalue weighted by Gasteiger charge is -2.24. The first-order chi connectivity index (χ1) is 9.79. The van der Waals surface area contributed by atoms with E-state index in [0.29, 0.717) is 5.69 Å². The molecule has 1 aromatic carbocycles. The van der Waals surface area contributed by atoms with E-state index in [1.807, 2.05) is 0 Å². The maximum absolute atomic E-state index is 12.2. The van der Waals surface area contributed by atoms with Gasteiger partial charge in [0, 0.05) is 6.07 Å². The largest absolute Gasteiger partial charge is 0.534 e. The molecule has 120 valence electrons. The summed E-state index contributed by atoms with van der Waals surface area (Å²) in [5, 5.41) is 9.04. The first-order valence-corrected chi connectivity index (χ1v) is 7.11. The number of nitriles is 1. The molecule has 0 bridgehead atoms. The number of quaternary nitrogens is 1. The van der Waals surface area contributed by atoms with Crippen molar-refractivity contribution in [3.8, 4) is 6.07 Å². The average Bonchev–Trinajstić information content (AvgIpc) is 2.34. The SMILES string of the molecule is C[N+](C)(C)c1ccc(C(=O)OS(=O)(=O)C(F)(F)F)cc1C#N. The molecule has 0 atom stereocenters. The fraction of sp³-hybridized carbons (Fsp3) is 0.333. The number of carbonyl (C=O) groups is 1. The van der Waals surface area contributed by atoms with Crippen LogP contribution in [0.15, 0.2) is 18.2 Å². The molecule has 1 aromatic rings. The molecular formula is C12H12F3N2O4S+. The van der Waals surface area contributed by atoms with Gasteiger partial charge in [0.05, 0.1) is 26.7 Å². The minimum atomic E-state index is -6.04. The van der Waals surface area contributed by atoms with E-state index in [4.69, 9.17) is 5.26 Å². The number of carbonyl (C=O) groups excluding carboxylic acids is 1. The molecule has 0 radical (unpaired) electrons. The first kappa shape index (κ1) is 17.9.